The van der Waals surface area contributed by atoms with E-state index in [1.54, 1.807) is 0 Å². The van der Waals surface area contributed by atoms with Gasteiger partial charge in [-0.05, 0) is 18.2 Å². The number of halogens is 1. The van der Waals surface area contributed by atoms with Crippen LogP contribution < -0.4 is 14.6 Å². The number of nitrogens with zero attached hydrogens (tertiary/aromatic N) is 2. The van der Waals surface area contributed by atoms with Crippen molar-refractivity contribution in [1.29, 1.82) is 0 Å². The third-order valence-corrected chi connectivity index (χ3v) is 3.57. The number of carbonyl (C=O) groups excluding carboxylic acids is 1. The normalized spacial score (nSPS) is 10.9. The molecule has 126 valence electrons. The lowest BCUT2D eigenvalue weighted by atomic mass is 10.1. The van der Waals surface area contributed by atoms with E-state index < -0.39 is 33.6 Å². The Hall–Kier alpha value is -2.92. The highest BCUT2D eigenvalue weighted by molar-refractivity contribution is 7.85. The minimum Gasteiger partial charge on any atom is -0.478 e. The van der Waals surface area contributed by atoms with Gasteiger partial charge in [0.25, 0.3) is 0 Å². The molecule has 2 aromatic rings. The van der Waals surface area contributed by atoms with Crippen molar-refractivity contribution in [2.45, 2.75) is 0 Å². The van der Waals surface area contributed by atoms with Crippen LogP contribution in [0.3, 0.4) is 0 Å². The number of nitrogens with one attached hydrogen (secondary N) is 1. The molecule has 4 N–H and O–H groups in total. The van der Waals surface area contributed by atoms with E-state index in [1.807, 2.05) is 0 Å². The summed E-state index contributed by atoms with van der Waals surface area (Å²) in [7, 11) is -4.71. The largest absolute Gasteiger partial charge is 0.478 e. The van der Waals surface area contributed by atoms with Crippen LogP contribution in [0.5, 0.6) is 5.75 Å². The Bertz CT molecular complexity index is 918. The minimum absolute atomic E-state index is 0.0461. The second-order valence-corrected chi connectivity index (χ2v) is 5.86. The van der Waals surface area contributed by atoms with Crippen LogP contribution in [0.15, 0.2) is 30.5 Å². The van der Waals surface area contributed by atoms with Gasteiger partial charge >= 0.3 is 22.3 Å². The summed E-state index contributed by atoms with van der Waals surface area (Å²) in [6.07, 6.45) is 1.29. The fourth-order valence-corrected chi connectivity index (χ4v) is 2.51. The summed E-state index contributed by atoms with van der Waals surface area (Å²) >= 11 is 5.75. The first-order valence-corrected chi connectivity index (χ1v) is 7.85. The number of rotatable bonds is 5. The molecule has 0 bridgehead atoms. The molecule has 0 saturated heterocycles. The Morgan fingerprint density at radius 2 is 2.00 bits per heavy atom. The van der Waals surface area contributed by atoms with Gasteiger partial charge in [-0.1, -0.05) is 17.7 Å². The van der Waals surface area contributed by atoms with Gasteiger partial charge in [-0.15, -0.1) is 0 Å². The van der Waals surface area contributed by atoms with Crippen molar-refractivity contribution in [3.63, 3.8) is 0 Å². The summed E-state index contributed by atoms with van der Waals surface area (Å²) in [5, 5.41) is 9.26. The minimum atomic E-state index is -4.71. The summed E-state index contributed by atoms with van der Waals surface area (Å²) in [5.74, 6) is -2.14. The van der Waals surface area contributed by atoms with Gasteiger partial charge in [0.1, 0.15) is 10.7 Å². The number of aromatic nitrogens is 2. The quantitative estimate of drug-likeness (QED) is 0.648. The molecule has 1 heterocycles. The van der Waals surface area contributed by atoms with E-state index >= 15 is 0 Å². The fourth-order valence-electron chi connectivity index (χ4n) is 1.69. The number of hydrogen-bond donors (Lipinski definition) is 3. The van der Waals surface area contributed by atoms with Crippen molar-refractivity contribution < 1.29 is 27.3 Å². The van der Waals surface area contributed by atoms with Crippen molar-refractivity contribution in [3.8, 4) is 17.1 Å². The van der Waals surface area contributed by atoms with Crippen molar-refractivity contribution in [2.75, 3.05) is 0 Å². The number of amides is 2. The van der Waals surface area contributed by atoms with Gasteiger partial charge < -0.3 is 15.0 Å². The van der Waals surface area contributed by atoms with Gasteiger partial charge in [0.05, 0.1) is 5.56 Å². The van der Waals surface area contributed by atoms with Crippen LogP contribution in [-0.4, -0.2) is 35.5 Å². The van der Waals surface area contributed by atoms with E-state index in [4.69, 9.17) is 17.3 Å². The Morgan fingerprint density at radius 3 is 2.58 bits per heavy atom. The van der Waals surface area contributed by atoms with Crippen molar-refractivity contribution >= 4 is 33.9 Å². The van der Waals surface area contributed by atoms with Crippen LogP contribution in [0, 0.1) is 0 Å². The maximum Gasteiger partial charge on any atom is 0.411 e. The lowest BCUT2D eigenvalue weighted by Crippen LogP contribution is -2.38. The average Bonchev–Trinajstić information content (AvgIpc) is 2.45. The van der Waals surface area contributed by atoms with Crippen molar-refractivity contribution in [2.24, 2.45) is 5.73 Å². The topological polar surface area (TPSA) is 162 Å². The number of urea groups is 1. The SMILES string of the molecule is NC(=O)NS(=O)(=O)Oc1c(C(=O)O)cccc1-c1nccc(Cl)n1. The van der Waals surface area contributed by atoms with E-state index in [0.717, 1.165) is 6.07 Å². The lowest BCUT2D eigenvalue weighted by molar-refractivity contribution is 0.0695. The molecule has 24 heavy (non-hydrogen) atoms. The number of carboxylic acids is 1. The maximum absolute atomic E-state index is 11.7. The lowest BCUT2D eigenvalue weighted by Gasteiger charge is -2.13. The van der Waals surface area contributed by atoms with Crippen molar-refractivity contribution in [1.82, 2.24) is 14.7 Å². The zero-order valence-electron chi connectivity index (χ0n) is 11.6. The van der Waals surface area contributed by atoms with Gasteiger partial charge in [-0.25, -0.2) is 24.3 Å². The number of primary amides is 1. The molecular weight excluding hydrogens is 364 g/mol. The molecule has 0 aliphatic carbocycles. The molecule has 0 atom stereocenters. The predicted octanol–water partition coefficient (Wildman–Crippen LogP) is 0.787. The van der Waals surface area contributed by atoms with Crippen LogP contribution in [0.4, 0.5) is 4.79 Å². The van der Waals surface area contributed by atoms with E-state index in [9.17, 15) is 23.1 Å². The number of carbonyl (C=O) groups is 2. The van der Waals surface area contributed by atoms with Crippen LogP contribution in [0.2, 0.25) is 5.15 Å². The van der Waals surface area contributed by atoms with E-state index in [-0.39, 0.29) is 16.5 Å². The smallest absolute Gasteiger partial charge is 0.411 e. The molecule has 0 aliphatic rings. The monoisotopic (exact) mass is 372 g/mol. The molecule has 1 aromatic carbocycles. The second kappa shape index (κ2) is 6.68. The number of nitrogens with two attached hydrogens (primary N) is 1. The molecule has 2 rings (SSSR count). The van der Waals surface area contributed by atoms with Gasteiger partial charge in [0, 0.05) is 6.20 Å². The molecule has 0 unspecified atom stereocenters. The standard InChI is InChI=1S/C12H9ClN4O6S/c13-8-4-5-15-10(16-8)6-2-1-3-7(11(18)19)9(6)23-24(21,22)17-12(14)20/h1-5H,(H,18,19)(H3,14,17,20). The first kappa shape index (κ1) is 17.4. The summed E-state index contributed by atoms with van der Waals surface area (Å²) in [5.41, 5.74) is 4.17. The number of carboxylic acid groups (broad SMARTS) is 1. The molecule has 0 spiro atoms. The summed E-state index contributed by atoms with van der Waals surface area (Å²) in [4.78, 5) is 29.8. The second-order valence-electron chi connectivity index (χ2n) is 4.19. The Balaban J connectivity index is 2.63. The third-order valence-electron chi connectivity index (χ3n) is 2.53. The summed E-state index contributed by atoms with van der Waals surface area (Å²) < 4.78 is 29.5. The molecule has 0 aliphatic heterocycles. The zero-order valence-corrected chi connectivity index (χ0v) is 13.2. The fraction of sp³-hybridized carbons (Fsp3) is 0. The van der Waals surface area contributed by atoms with Crippen LogP contribution in [0.25, 0.3) is 11.4 Å². The van der Waals surface area contributed by atoms with Gasteiger partial charge in [-0.3, -0.25) is 0 Å². The molecule has 10 nitrogen and oxygen atoms in total. The molecular formula is C12H9ClN4O6S. The summed E-state index contributed by atoms with van der Waals surface area (Å²) in [6.45, 7) is 0. The number of hydrogen-bond acceptors (Lipinski definition) is 7. The van der Waals surface area contributed by atoms with E-state index in [0.29, 0.717) is 0 Å². The van der Waals surface area contributed by atoms with Gasteiger partial charge in [0.2, 0.25) is 0 Å². The van der Waals surface area contributed by atoms with Gasteiger partial charge in [0.15, 0.2) is 11.6 Å². The van der Waals surface area contributed by atoms with Gasteiger partial charge in [-0.2, -0.15) is 8.42 Å². The maximum atomic E-state index is 11.7. The molecule has 12 heteroatoms. The molecule has 0 fully saturated rings. The average molecular weight is 373 g/mol. The zero-order chi connectivity index (χ0) is 17.9. The van der Waals surface area contributed by atoms with Crippen LogP contribution >= 0.6 is 11.6 Å². The van der Waals surface area contributed by atoms with Crippen LogP contribution in [0.1, 0.15) is 10.4 Å². The molecule has 2 amide bonds. The first-order chi connectivity index (χ1) is 11.2. The first-order valence-electron chi connectivity index (χ1n) is 6.06. The Labute approximate surface area is 140 Å². The third kappa shape index (κ3) is 4.08. The Kier molecular flexibility index (Phi) is 4.85. The Morgan fingerprint density at radius 1 is 1.29 bits per heavy atom. The van der Waals surface area contributed by atoms with E-state index in [2.05, 4.69) is 14.2 Å². The molecule has 1 aromatic heterocycles. The highest BCUT2D eigenvalue weighted by atomic mass is 35.5. The highest BCUT2D eigenvalue weighted by Crippen LogP contribution is 2.32. The van der Waals surface area contributed by atoms with Crippen molar-refractivity contribution in [3.05, 3.63) is 41.2 Å². The van der Waals surface area contributed by atoms with E-state index in [1.165, 1.54) is 29.1 Å². The highest BCUT2D eigenvalue weighted by Gasteiger charge is 2.24. The summed E-state index contributed by atoms with van der Waals surface area (Å²) in [6, 6.07) is 3.74. The number of aromatic carboxylic acids is 1. The number of para-hydroxylation sites is 1. The molecule has 0 saturated carbocycles. The molecule has 0 radical (unpaired) electrons. The number of benzene rings is 1. The predicted molar refractivity (Wildman–Crippen MR) is 81.7 cm³/mol. The van der Waals surface area contributed by atoms with Crippen LogP contribution in [-0.2, 0) is 10.3 Å².